The fourth-order valence-electron chi connectivity index (χ4n) is 5.34. The molecule has 7 heteroatoms. The highest BCUT2D eigenvalue weighted by molar-refractivity contribution is 6.51. The van der Waals surface area contributed by atoms with Crippen LogP contribution in [0.15, 0.2) is 119 Å². The highest BCUT2D eigenvalue weighted by Crippen LogP contribution is 2.48. The Hall–Kier alpha value is -5.17. The molecule has 5 aromatic rings. The molecule has 7 rings (SSSR count). The summed E-state index contributed by atoms with van der Waals surface area (Å²) in [6.07, 6.45) is 0. The van der Waals surface area contributed by atoms with Crippen molar-refractivity contribution < 1.29 is 4.74 Å². The van der Waals surface area contributed by atoms with E-state index in [1.54, 1.807) is 7.11 Å². The van der Waals surface area contributed by atoms with E-state index in [1.807, 2.05) is 71.4 Å². The molecule has 0 saturated carbocycles. The van der Waals surface area contributed by atoms with Gasteiger partial charge in [0.1, 0.15) is 5.75 Å². The number of para-hydroxylation sites is 3. The number of ether oxygens (including phenoxy) is 1. The van der Waals surface area contributed by atoms with E-state index in [0.29, 0.717) is 5.84 Å². The fraction of sp³-hybridized carbons (Fsp3) is 0.0938. The van der Waals surface area contributed by atoms with Crippen LogP contribution in [-0.2, 0) is 0 Å². The number of nitrogens with one attached hydrogen (secondary N) is 1. The lowest BCUT2D eigenvalue weighted by Crippen LogP contribution is -2.46. The molecule has 0 saturated heterocycles. The van der Waals surface area contributed by atoms with Crippen LogP contribution in [-0.4, -0.2) is 28.6 Å². The number of aryl methyl sites for hydroxylation is 1. The maximum absolute atomic E-state index is 5.46. The van der Waals surface area contributed by atoms with Gasteiger partial charge in [0.05, 0.1) is 35.9 Å². The molecule has 2 aliphatic heterocycles. The van der Waals surface area contributed by atoms with Gasteiger partial charge in [0.2, 0.25) is 0 Å². The van der Waals surface area contributed by atoms with Gasteiger partial charge in [-0.1, -0.05) is 66.7 Å². The molecule has 3 heterocycles. The smallest absolute Gasteiger partial charge is 0.179 e. The zero-order valence-corrected chi connectivity index (χ0v) is 21.6. The molecule has 1 N–H and O–H groups in total. The van der Waals surface area contributed by atoms with Gasteiger partial charge in [-0.25, -0.2) is 14.7 Å². The summed E-state index contributed by atoms with van der Waals surface area (Å²) in [7, 11) is 1.67. The Balaban J connectivity index is 1.48. The minimum absolute atomic E-state index is 0.148. The number of nitrogens with zero attached hydrogens (tertiary/aromatic N) is 5. The van der Waals surface area contributed by atoms with Crippen molar-refractivity contribution in [2.45, 2.75) is 13.0 Å². The van der Waals surface area contributed by atoms with E-state index in [1.165, 1.54) is 0 Å². The maximum atomic E-state index is 5.46. The van der Waals surface area contributed by atoms with Crippen LogP contribution in [0.25, 0.3) is 5.69 Å². The molecule has 190 valence electrons. The Morgan fingerprint density at radius 2 is 1.54 bits per heavy atom. The van der Waals surface area contributed by atoms with E-state index in [0.717, 1.165) is 57.0 Å². The molecule has 7 nitrogen and oxygen atoms in total. The second kappa shape index (κ2) is 9.29. The van der Waals surface area contributed by atoms with Gasteiger partial charge in [0.25, 0.3) is 0 Å². The number of anilines is 2. The van der Waals surface area contributed by atoms with Gasteiger partial charge >= 0.3 is 0 Å². The third-order valence-corrected chi connectivity index (χ3v) is 7.09. The van der Waals surface area contributed by atoms with Crippen molar-refractivity contribution in [3.63, 3.8) is 0 Å². The van der Waals surface area contributed by atoms with Crippen molar-refractivity contribution in [2.24, 2.45) is 9.98 Å². The topological polar surface area (TPSA) is 67.0 Å². The molecule has 0 radical (unpaired) electrons. The summed E-state index contributed by atoms with van der Waals surface area (Å²) < 4.78 is 7.40. The first-order valence-electron chi connectivity index (χ1n) is 12.9. The standard InChI is InChI=1S/C32H26N6O/c1-21-28-29(22-12-5-3-6-13-22)37-27-19-10-9-18-26(27)34-30(33-23-14-11-17-25(20-23)39-2)32(37)35-31(28)38(36-21)24-15-7-4-8-16-24/h3-20,29H,1-2H3,(H,33,34)/t29-/m1/s1. The van der Waals surface area contributed by atoms with Crippen molar-refractivity contribution in [1.82, 2.24) is 9.78 Å². The number of hydrogen-bond donors (Lipinski definition) is 1. The van der Waals surface area contributed by atoms with Crippen LogP contribution in [0.4, 0.5) is 22.9 Å². The van der Waals surface area contributed by atoms with Gasteiger partial charge in [-0.05, 0) is 48.9 Å². The van der Waals surface area contributed by atoms with E-state index in [2.05, 4.69) is 59.6 Å². The number of aliphatic imine (C=N–C) groups is 2. The fourth-order valence-corrected chi connectivity index (χ4v) is 5.34. The molecule has 39 heavy (non-hydrogen) atoms. The quantitative estimate of drug-likeness (QED) is 0.283. The van der Waals surface area contributed by atoms with Crippen LogP contribution in [0.3, 0.4) is 0 Å². The van der Waals surface area contributed by atoms with Crippen molar-refractivity contribution in [3.8, 4) is 11.4 Å². The lowest BCUT2D eigenvalue weighted by Gasteiger charge is -2.40. The lowest BCUT2D eigenvalue weighted by molar-refractivity contribution is 0.415. The molecule has 2 aliphatic rings. The minimum Gasteiger partial charge on any atom is -0.497 e. The largest absolute Gasteiger partial charge is 0.497 e. The van der Waals surface area contributed by atoms with Gasteiger partial charge < -0.3 is 15.0 Å². The minimum atomic E-state index is -0.148. The van der Waals surface area contributed by atoms with Crippen LogP contribution < -0.4 is 15.0 Å². The normalized spacial score (nSPS) is 15.4. The molecular weight excluding hydrogens is 484 g/mol. The molecule has 0 spiro atoms. The van der Waals surface area contributed by atoms with Crippen LogP contribution in [0.5, 0.6) is 5.75 Å². The highest BCUT2D eigenvalue weighted by Gasteiger charge is 2.41. The number of amidine groups is 2. The Morgan fingerprint density at radius 1 is 0.795 bits per heavy atom. The van der Waals surface area contributed by atoms with Crippen molar-refractivity contribution in [1.29, 1.82) is 0 Å². The van der Waals surface area contributed by atoms with E-state index in [-0.39, 0.29) is 6.04 Å². The van der Waals surface area contributed by atoms with Gasteiger partial charge in [0.15, 0.2) is 17.5 Å². The molecule has 0 fully saturated rings. The molecule has 1 aromatic heterocycles. The maximum Gasteiger partial charge on any atom is 0.179 e. The van der Waals surface area contributed by atoms with E-state index in [4.69, 9.17) is 19.8 Å². The number of hydrogen-bond acceptors (Lipinski definition) is 6. The van der Waals surface area contributed by atoms with Crippen LogP contribution in [0.2, 0.25) is 0 Å². The van der Waals surface area contributed by atoms with Gasteiger partial charge in [-0.15, -0.1) is 0 Å². The third-order valence-electron chi connectivity index (χ3n) is 7.09. The molecule has 0 amide bonds. The average molecular weight is 511 g/mol. The summed E-state index contributed by atoms with van der Waals surface area (Å²) in [5.74, 6) is 2.96. The third kappa shape index (κ3) is 3.87. The van der Waals surface area contributed by atoms with Crippen molar-refractivity contribution >= 4 is 34.6 Å². The SMILES string of the molecule is COc1cccc(NC2=Nc3ccccc3N3C2=Nc2c(c(C)nn2-c2ccccc2)[C@H]3c2ccccc2)c1. The predicted octanol–water partition coefficient (Wildman–Crippen LogP) is 6.98. The molecule has 0 unspecified atom stereocenters. The molecule has 4 aromatic carbocycles. The summed E-state index contributed by atoms with van der Waals surface area (Å²) in [5, 5.41) is 8.52. The Labute approximate surface area is 226 Å². The van der Waals surface area contributed by atoms with Gasteiger partial charge in [0, 0.05) is 17.3 Å². The van der Waals surface area contributed by atoms with Crippen LogP contribution >= 0.6 is 0 Å². The number of aromatic nitrogens is 2. The number of benzene rings is 4. The zero-order chi connectivity index (χ0) is 26.3. The number of rotatable bonds is 4. The van der Waals surface area contributed by atoms with E-state index in [9.17, 15) is 0 Å². The first kappa shape index (κ1) is 23.0. The molecule has 1 atom stereocenters. The molecule has 0 bridgehead atoms. The summed E-state index contributed by atoms with van der Waals surface area (Å²) in [6.45, 7) is 2.06. The number of fused-ring (bicyclic) bond motifs is 4. The Morgan fingerprint density at radius 3 is 2.33 bits per heavy atom. The molecule has 0 aliphatic carbocycles. The van der Waals surface area contributed by atoms with Crippen molar-refractivity contribution in [2.75, 3.05) is 17.3 Å². The van der Waals surface area contributed by atoms with Crippen molar-refractivity contribution in [3.05, 3.63) is 126 Å². The molecular formula is C32H26N6O. The lowest BCUT2D eigenvalue weighted by atomic mass is 9.93. The second-order valence-electron chi connectivity index (χ2n) is 9.49. The van der Waals surface area contributed by atoms with Crippen LogP contribution in [0, 0.1) is 6.92 Å². The van der Waals surface area contributed by atoms with E-state index >= 15 is 0 Å². The first-order chi connectivity index (χ1) is 19.2. The first-order valence-corrected chi connectivity index (χ1v) is 12.9. The predicted molar refractivity (Wildman–Crippen MR) is 156 cm³/mol. The zero-order valence-electron chi connectivity index (χ0n) is 21.6. The summed E-state index contributed by atoms with van der Waals surface area (Å²) >= 11 is 0. The Kier molecular flexibility index (Phi) is 5.48. The second-order valence-corrected chi connectivity index (χ2v) is 9.49. The highest BCUT2D eigenvalue weighted by atomic mass is 16.5. The Bertz CT molecular complexity index is 1740. The summed E-state index contributed by atoms with van der Waals surface area (Å²) in [5.41, 5.74) is 6.86. The van der Waals surface area contributed by atoms with Crippen LogP contribution in [0.1, 0.15) is 22.9 Å². The van der Waals surface area contributed by atoms with Gasteiger partial charge in [-0.3, -0.25) is 0 Å². The summed E-state index contributed by atoms with van der Waals surface area (Å²) in [4.78, 5) is 12.6. The number of methoxy groups -OCH3 is 1. The van der Waals surface area contributed by atoms with E-state index < -0.39 is 0 Å². The summed E-state index contributed by atoms with van der Waals surface area (Å²) in [6, 6.07) is 36.6. The average Bonchev–Trinajstić information content (AvgIpc) is 3.33. The van der Waals surface area contributed by atoms with Gasteiger partial charge in [-0.2, -0.15) is 5.10 Å². The monoisotopic (exact) mass is 510 g/mol.